The molecule has 2 aliphatic heterocycles. The largest absolute Gasteiger partial charge is 0.378 e. The zero-order valence-electron chi connectivity index (χ0n) is 18.1. The van der Waals surface area contributed by atoms with Crippen LogP contribution in [0.5, 0.6) is 0 Å². The van der Waals surface area contributed by atoms with Gasteiger partial charge in [-0.15, -0.1) is 5.53 Å². The van der Waals surface area contributed by atoms with E-state index in [1.807, 2.05) is 30.2 Å². The fourth-order valence-corrected chi connectivity index (χ4v) is 4.73. The molecular weight excluding hydrogens is 398 g/mol. The van der Waals surface area contributed by atoms with Gasteiger partial charge in [0.25, 0.3) is 0 Å². The summed E-state index contributed by atoms with van der Waals surface area (Å²) in [6, 6.07) is 17.4. The van der Waals surface area contributed by atoms with Gasteiger partial charge in [0.15, 0.2) is 0 Å². The zero-order chi connectivity index (χ0) is 21.7. The SMILES string of the molecule is CC1=C2c3ccc(-c4cnn(C)c4)cc3C(Nc3ccc4ncccc4c3)CCN2NN1. The second-order valence-corrected chi connectivity index (χ2v) is 8.46. The van der Waals surface area contributed by atoms with Gasteiger partial charge < -0.3 is 10.7 Å². The molecular formula is C25H25N7. The van der Waals surface area contributed by atoms with Gasteiger partial charge in [-0.05, 0) is 54.8 Å². The van der Waals surface area contributed by atoms with E-state index in [0.717, 1.165) is 40.8 Å². The molecule has 0 fully saturated rings. The first kappa shape index (κ1) is 18.9. The summed E-state index contributed by atoms with van der Waals surface area (Å²) < 4.78 is 1.85. The molecule has 0 bridgehead atoms. The molecule has 0 radical (unpaired) electrons. The summed E-state index contributed by atoms with van der Waals surface area (Å²) in [7, 11) is 1.95. The first-order valence-electron chi connectivity index (χ1n) is 10.9. The Balaban J connectivity index is 1.45. The van der Waals surface area contributed by atoms with Gasteiger partial charge in [0.1, 0.15) is 0 Å². The van der Waals surface area contributed by atoms with Crippen molar-refractivity contribution in [3.8, 4) is 11.1 Å². The molecule has 4 heterocycles. The van der Waals surface area contributed by atoms with Gasteiger partial charge in [-0.3, -0.25) is 14.7 Å². The standard InChI is InChI=1S/C25H25N7/c1-16-25-21-7-5-17(19-14-27-31(2)15-19)13-22(21)24(9-11-32(25)30-29-16)28-20-6-8-23-18(12-20)4-3-10-26-23/h3-8,10,12-15,24,28-30H,9,11H2,1-2H3. The maximum absolute atomic E-state index is 4.45. The Kier molecular flexibility index (Phi) is 4.36. The predicted molar refractivity (Wildman–Crippen MR) is 127 cm³/mol. The Bertz CT molecular complexity index is 1350. The van der Waals surface area contributed by atoms with Crippen molar-refractivity contribution in [3.63, 3.8) is 0 Å². The Labute approximate surface area is 186 Å². The molecule has 3 N–H and O–H groups in total. The van der Waals surface area contributed by atoms with E-state index >= 15 is 0 Å². The molecule has 6 rings (SSSR count). The van der Waals surface area contributed by atoms with Crippen molar-refractivity contribution in [2.24, 2.45) is 7.05 Å². The van der Waals surface area contributed by atoms with Crippen LogP contribution in [0, 0.1) is 0 Å². The summed E-state index contributed by atoms with van der Waals surface area (Å²) in [5, 5.41) is 11.5. The molecule has 2 aliphatic rings. The number of aryl methyl sites for hydroxylation is 1. The van der Waals surface area contributed by atoms with Gasteiger partial charge >= 0.3 is 0 Å². The number of nitrogens with one attached hydrogen (secondary N) is 3. The first-order chi connectivity index (χ1) is 15.7. The highest BCUT2D eigenvalue weighted by Gasteiger charge is 2.30. The molecule has 160 valence electrons. The molecule has 32 heavy (non-hydrogen) atoms. The third-order valence-electron chi connectivity index (χ3n) is 6.31. The lowest BCUT2D eigenvalue weighted by Gasteiger charge is -2.21. The maximum Gasteiger partial charge on any atom is 0.0814 e. The summed E-state index contributed by atoms with van der Waals surface area (Å²) in [4.78, 5) is 4.45. The van der Waals surface area contributed by atoms with Crippen molar-refractivity contribution in [2.75, 3.05) is 11.9 Å². The Morgan fingerprint density at radius 2 is 2.03 bits per heavy atom. The monoisotopic (exact) mass is 423 g/mol. The van der Waals surface area contributed by atoms with Crippen LogP contribution in [0.2, 0.25) is 0 Å². The van der Waals surface area contributed by atoms with Crippen LogP contribution in [0.4, 0.5) is 5.69 Å². The summed E-state index contributed by atoms with van der Waals surface area (Å²) in [6.45, 7) is 3.01. The minimum Gasteiger partial charge on any atom is -0.378 e. The zero-order valence-corrected chi connectivity index (χ0v) is 18.1. The average Bonchev–Trinajstić information content (AvgIpc) is 3.37. The number of benzene rings is 2. The van der Waals surface area contributed by atoms with E-state index < -0.39 is 0 Å². The second kappa shape index (κ2) is 7.39. The Morgan fingerprint density at radius 1 is 1.09 bits per heavy atom. The highest BCUT2D eigenvalue weighted by molar-refractivity contribution is 5.82. The quantitative estimate of drug-likeness (QED) is 0.459. The summed E-state index contributed by atoms with van der Waals surface area (Å²) >= 11 is 0. The van der Waals surface area contributed by atoms with Gasteiger partial charge in [-0.2, -0.15) is 5.10 Å². The van der Waals surface area contributed by atoms with Crippen LogP contribution in [0.3, 0.4) is 0 Å². The normalized spacial score (nSPS) is 17.7. The average molecular weight is 424 g/mol. The number of rotatable bonds is 3. The first-order valence-corrected chi connectivity index (χ1v) is 10.9. The second-order valence-electron chi connectivity index (χ2n) is 8.46. The highest BCUT2D eigenvalue weighted by Crippen LogP contribution is 2.39. The van der Waals surface area contributed by atoms with E-state index in [9.17, 15) is 0 Å². The third kappa shape index (κ3) is 3.18. The van der Waals surface area contributed by atoms with E-state index in [0.29, 0.717) is 0 Å². The lowest BCUT2D eigenvalue weighted by molar-refractivity contribution is 0.281. The van der Waals surface area contributed by atoms with E-state index in [2.05, 4.69) is 87.0 Å². The van der Waals surface area contributed by atoms with Gasteiger partial charge in [0, 0.05) is 48.2 Å². The van der Waals surface area contributed by atoms with Gasteiger partial charge in [0.2, 0.25) is 0 Å². The van der Waals surface area contributed by atoms with Crippen molar-refractivity contribution < 1.29 is 0 Å². The minimum atomic E-state index is 0.170. The van der Waals surface area contributed by atoms with Crippen LogP contribution in [-0.4, -0.2) is 26.3 Å². The fraction of sp³-hybridized carbons (Fsp3) is 0.200. The van der Waals surface area contributed by atoms with Crippen LogP contribution < -0.4 is 16.3 Å². The Hall–Kier alpha value is -3.84. The molecule has 7 heteroatoms. The molecule has 7 nitrogen and oxygen atoms in total. The van der Waals surface area contributed by atoms with Crippen molar-refractivity contribution in [2.45, 2.75) is 19.4 Å². The predicted octanol–water partition coefficient (Wildman–Crippen LogP) is 4.21. The smallest absolute Gasteiger partial charge is 0.0814 e. The fourth-order valence-electron chi connectivity index (χ4n) is 4.73. The number of pyridine rings is 1. The van der Waals surface area contributed by atoms with E-state index in [1.165, 1.54) is 22.4 Å². The van der Waals surface area contributed by atoms with Crippen LogP contribution in [-0.2, 0) is 7.05 Å². The number of anilines is 1. The number of hydrazine groups is 2. The minimum absolute atomic E-state index is 0.170. The molecule has 0 aliphatic carbocycles. The van der Waals surface area contributed by atoms with Gasteiger partial charge in [-0.25, -0.2) is 0 Å². The van der Waals surface area contributed by atoms with E-state index in [1.54, 1.807) is 0 Å². The van der Waals surface area contributed by atoms with Gasteiger partial charge in [-0.1, -0.05) is 18.2 Å². The van der Waals surface area contributed by atoms with E-state index in [4.69, 9.17) is 0 Å². The summed E-state index contributed by atoms with van der Waals surface area (Å²) in [5.74, 6) is 0. The van der Waals surface area contributed by atoms with Crippen LogP contribution >= 0.6 is 0 Å². The van der Waals surface area contributed by atoms with Crippen LogP contribution in [0.25, 0.3) is 27.7 Å². The summed E-state index contributed by atoms with van der Waals surface area (Å²) in [5.41, 5.74) is 15.9. The Morgan fingerprint density at radius 3 is 2.91 bits per heavy atom. The molecule has 1 atom stereocenters. The molecule has 0 spiro atoms. The number of hydrogen-bond donors (Lipinski definition) is 3. The molecule has 0 amide bonds. The summed E-state index contributed by atoms with van der Waals surface area (Å²) in [6.07, 6.45) is 6.78. The number of nitrogens with zero attached hydrogens (tertiary/aromatic N) is 4. The number of allylic oxidation sites excluding steroid dienone is 1. The highest BCUT2D eigenvalue weighted by atomic mass is 15.7. The molecule has 4 aromatic rings. The van der Waals surface area contributed by atoms with Crippen LogP contribution in [0.15, 0.2) is 72.8 Å². The van der Waals surface area contributed by atoms with Crippen molar-refractivity contribution >= 4 is 22.3 Å². The van der Waals surface area contributed by atoms with E-state index in [-0.39, 0.29) is 6.04 Å². The lowest BCUT2D eigenvalue weighted by Crippen LogP contribution is -2.37. The number of fused-ring (bicyclic) bond motifs is 4. The van der Waals surface area contributed by atoms with Crippen molar-refractivity contribution in [3.05, 3.63) is 83.9 Å². The molecule has 2 aromatic heterocycles. The molecule has 0 saturated carbocycles. The number of aromatic nitrogens is 3. The molecule has 1 unspecified atom stereocenters. The topological polar surface area (TPSA) is 70.0 Å². The molecule has 0 saturated heterocycles. The maximum atomic E-state index is 4.45. The third-order valence-corrected chi connectivity index (χ3v) is 6.31. The van der Waals surface area contributed by atoms with Crippen molar-refractivity contribution in [1.29, 1.82) is 0 Å². The van der Waals surface area contributed by atoms with Gasteiger partial charge in [0.05, 0.1) is 29.1 Å². The van der Waals surface area contributed by atoms with Crippen molar-refractivity contribution in [1.82, 2.24) is 30.7 Å². The lowest BCUT2D eigenvalue weighted by atomic mass is 9.93. The number of hydrogen-bond acceptors (Lipinski definition) is 6. The van der Waals surface area contributed by atoms with Crippen LogP contribution in [0.1, 0.15) is 30.5 Å². The molecule has 2 aromatic carbocycles.